The summed E-state index contributed by atoms with van der Waals surface area (Å²) in [5.41, 5.74) is 1.83. The number of nitrogens with one attached hydrogen (secondary N) is 1. The lowest BCUT2D eigenvalue weighted by Crippen LogP contribution is -2.32. The van der Waals surface area contributed by atoms with Gasteiger partial charge >= 0.3 is 0 Å². The summed E-state index contributed by atoms with van der Waals surface area (Å²) in [4.78, 5) is 12.2. The van der Waals surface area contributed by atoms with Crippen molar-refractivity contribution in [3.63, 3.8) is 0 Å². The zero-order valence-corrected chi connectivity index (χ0v) is 13.9. The number of rotatable bonds is 4. The molecule has 0 bridgehead atoms. The average Bonchev–Trinajstić information content (AvgIpc) is 2.76. The van der Waals surface area contributed by atoms with E-state index in [1.54, 1.807) is 20.8 Å². The molecule has 1 aromatic heterocycles. The van der Waals surface area contributed by atoms with Crippen LogP contribution < -0.4 is 5.32 Å². The summed E-state index contributed by atoms with van der Waals surface area (Å²) in [7, 11) is 0. The second-order valence-electron chi connectivity index (χ2n) is 5.07. The number of hydrogen-bond donors (Lipinski definition) is 2. The van der Waals surface area contributed by atoms with Gasteiger partial charge in [0, 0.05) is 15.6 Å². The predicted octanol–water partition coefficient (Wildman–Crippen LogP) is 3.51. The Balaban J connectivity index is 2.14. The molecule has 1 amide bonds. The third-order valence-corrected chi connectivity index (χ3v) is 3.77. The quantitative estimate of drug-likeness (QED) is 0.891. The molecule has 7 heteroatoms. The molecule has 0 aliphatic carbocycles. The molecule has 5 nitrogen and oxygen atoms in total. The summed E-state index contributed by atoms with van der Waals surface area (Å²) in [5.74, 6) is 0.0800. The normalized spacial score (nSPS) is 13.7. The van der Waals surface area contributed by atoms with Crippen molar-refractivity contribution < 1.29 is 14.4 Å². The minimum absolute atomic E-state index is 0.334. The molecule has 0 fully saturated rings. The van der Waals surface area contributed by atoms with E-state index in [0.29, 0.717) is 27.1 Å². The first-order chi connectivity index (χ1) is 10.3. The van der Waals surface area contributed by atoms with Gasteiger partial charge in [-0.15, -0.1) is 0 Å². The van der Waals surface area contributed by atoms with E-state index in [4.69, 9.17) is 27.7 Å². The number of hydrogen-bond acceptors (Lipinski definition) is 4. The van der Waals surface area contributed by atoms with Gasteiger partial charge < -0.3 is 14.9 Å². The molecule has 0 unspecified atom stereocenters. The molecule has 0 saturated carbocycles. The van der Waals surface area contributed by atoms with Crippen LogP contribution in [0.3, 0.4) is 0 Å². The number of carbonyl (C=O) groups excluding carboxylic acids is 1. The van der Waals surface area contributed by atoms with Crippen molar-refractivity contribution in [2.45, 2.75) is 32.9 Å². The number of aromatic nitrogens is 1. The minimum atomic E-state index is -1.36. The molecule has 1 heterocycles. The Morgan fingerprint density at radius 3 is 2.36 bits per heavy atom. The van der Waals surface area contributed by atoms with Gasteiger partial charge in [-0.05, 0) is 44.5 Å². The molecule has 118 valence electrons. The summed E-state index contributed by atoms with van der Waals surface area (Å²) in [5, 5.41) is 17.4. The van der Waals surface area contributed by atoms with Gasteiger partial charge in [0.05, 0.1) is 11.7 Å². The smallest absolute Gasteiger partial charge is 0.253 e. The highest BCUT2D eigenvalue weighted by molar-refractivity contribution is 6.34. The van der Waals surface area contributed by atoms with Crippen molar-refractivity contribution >= 4 is 29.1 Å². The van der Waals surface area contributed by atoms with Crippen LogP contribution in [0.25, 0.3) is 0 Å². The molecule has 2 aromatic rings. The van der Waals surface area contributed by atoms with Crippen LogP contribution in [0.15, 0.2) is 22.7 Å². The molecular formula is C15H16Cl2N2O3. The van der Waals surface area contributed by atoms with Crippen molar-refractivity contribution in [2.24, 2.45) is 0 Å². The second kappa shape index (κ2) is 6.69. The van der Waals surface area contributed by atoms with Crippen LogP contribution in [0.1, 0.15) is 41.7 Å². The molecular weight excluding hydrogens is 327 g/mol. The van der Waals surface area contributed by atoms with E-state index in [0.717, 1.165) is 5.56 Å². The highest BCUT2D eigenvalue weighted by Gasteiger charge is 2.23. The maximum absolute atomic E-state index is 12.2. The lowest BCUT2D eigenvalue weighted by Gasteiger charge is -2.17. The number of aliphatic hydroxyl groups is 1. The lowest BCUT2D eigenvalue weighted by molar-refractivity contribution is -0.130. The van der Waals surface area contributed by atoms with E-state index in [1.165, 1.54) is 18.2 Å². The molecule has 2 atom stereocenters. The van der Waals surface area contributed by atoms with E-state index in [1.807, 2.05) is 0 Å². The first kappa shape index (κ1) is 16.8. The van der Waals surface area contributed by atoms with Crippen molar-refractivity contribution in [3.05, 3.63) is 50.8 Å². The fourth-order valence-corrected chi connectivity index (χ4v) is 2.90. The van der Waals surface area contributed by atoms with Crippen LogP contribution in [-0.4, -0.2) is 16.2 Å². The van der Waals surface area contributed by atoms with Crippen LogP contribution in [-0.2, 0) is 4.79 Å². The monoisotopic (exact) mass is 342 g/mol. The van der Waals surface area contributed by atoms with E-state index >= 15 is 0 Å². The maximum atomic E-state index is 12.2. The van der Waals surface area contributed by atoms with E-state index in [2.05, 4.69) is 10.5 Å². The summed E-state index contributed by atoms with van der Waals surface area (Å²) < 4.78 is 5.08. The van der Waals surface area contributed by atoms with E-state index < -0.39 is 12.0 Å². The van der Waals surface area contributed by atoms with E-state index in [-0.39, 0.29) is 6.04 Å². The number of nitrogens with zero attached hydrogens (tertiary/aromatic N) is 1. The minimum Gasteiger partial charge on any atom is -0.378 e. The molecule has 22 heavy (non-hydrogen) atoms. The number of carbonyl (C=O) groups is 1. The standard InChI is InChI=1S/C15H16Cl2N2O3/c1-7(13-8(2)19-22-9(13)3)18-15(21)14(20)10-4-11(16)6-12(17)5-10/h4-7,14,20H,1-3H3,(H,18,21)/t7-,14-/m0/s1. The number of aryl methyl sites for hydroxylation is 2. The van der Waals surface area contributed by atoms with Crippen LogP contribution in [0.2, 0.25) is 10.0 Å². The highest BCUT2D eigenvalue weighted by atomic mass is 35.5. The Bertz CT molecular complexity index is 660. The van der Waals surface area contributed by atoms with Crippen LogP contribution in [0, 0.1) is 13.8 Å². The second-order valence-corrected chi connectivity index (χ2v) is 5.95. The van der Waals surface area contributed by atoms with Crippen molar-refractivity contribution in [2.75, 3.05) is 0 Å². The average molecular weight is 343 g/mol. The SMILES string of the molecule is Cc1noc(C)c1[C@H](C)NC(=O)[C@@H](O)c1cc(Cl)cc(Cl)c1. The number of amides is 1. The topological polar surface area (TPSA) is 75.4 Å². The molecule has 0 spiro atoms. The van der Waals surface area contributed by atoms with Crippen molar-refractivity contribution in [1.29, 1.82) is 0 Å². The van der Waals surface area contributed by atoms with Gasteiger partial charge in [0.1, 0.15) is 5.76 Å². The Morgan fingerprint density at radius 1 is 1.27 bits per heavy atom. The summed E-state index contributed by atoms with van der Waals surface area (Å²) >= 11 is 11.8. The van der Waals surface area contributed by atoms with Gasteiger partial charge in [0.25, 0.3) is 5.91 Å². The Hall–Kier alpha value is -1.56. The highest BCUT2D eigenvalue weighted by Crippen LogP contribution is 2.25. The van der Waals surface area contributed by atoms with Gasteiger partial charge in [-0.2, -0.15) is 0 Å². The van der Waals surface area contributed by atoms with Gasteiger partial charge in [-0.1, -0.05) is 28.4 Å². The number of aliphatic hydroxyl groups excluding tert-OH is 1. The zero-order valence-electron chi connectivity index (χ0n) is 12.4. The lowest BCUT2D eigenvalue weighted by atomic mass is 10.1. The van der Waals surface area contributed by atoms with Crippen LogP contribution in [0.5, 0.6) is 0 Å². The third-order valence-electron chi connectivity index (χ3n) is 3.33. The summed E-state index contributed by atoms with van der Waals surface area (Å²) in [6, 6.07) is 4.18. The first-order valence-electron chi connectivity index (χ1n) is 6.66. The van der Waals surface area contributed by atoms with Gasteiger partial charge in [-0.3, -0.25) is 4.79 Å². The summed E-state index contributed by atoms with van der Waals surface area (Å²) in [6.45, 7) is 5.36. The molecule has 1 aromatic carbocycles. The molecule has 2 N–H and O–H groups in total. The van der Waals surface area contributed by atoms with Crippen molar-refractivity contribution in [1.82, 2.24) is 10.5 Å². The number of halogens is 2. The zero-order chi connectivity index (χ0) is 16.4. The molecule has 0 aliphatic heterocycles. The van der Waals surface area contributed by atoms with Crippen LogP contribution in [0.4, 0.5) is 0 Å². The van der Waals surface area contributed by atoms with Crippen molar-refractivity contribution in [3.8, 4) is 0 Å². The maximum Gasteiger partial charge on any atom is 0.253 e. The third kappa shape index (κ3) is 3.61. The molecule has 0 radical (unpaired) electrons. The summed E-state index contributed by atoms with van der Waals surface area (Å²) in [6.07, 6.45) is -1.36. The van der Waals surface area contributed by atoms with Gasteiger partial charge in [0.2, 0.25) is 0 Å². The first-order valence-corrected chi connectivity index (χ1v) is 7.42. The fraction of sp³-hybridized carbons (Fsp3) is 0.333. The van der Waals surface area contributed by atoms with Gasteiger partial charge in [0.15, 0.2) is 6.10 Å². The molecule has 2 rings (SSSR count). The predicted molar refractivity (Wildman–Crippen MR) is 84.0 cm³/mol. The largest absolute Gasteiger partial charge is 0.378 e. The van der Waals surface area contributed by atoms with Crippen LogP contribution >= 0.6 is 23.2 Å². The Morgan fingerprint density at radius 2 is 1.86 bits per heavy atom. The van der Waals surface area contributed by atoms with Gasteiger partial charge in [-0.25, -0.2) is 0 Å². The molecule has 0 aliphatic rings. The molecule has 0 saturated heterocycles. The van der Waals surface area contributed by atoms with E-state index in [9.17, 15) is 9.90 Å². The fourth-order valence-electron chi connectivity index (χ4n) is 2.36. The Labute approximate surface area is 138 Å². The number of benzene rings is 1. The Kier molecular flexibility index (Phi) is 5.11.